The standard InChI is InChI=1S/C24H23BrFNO4S/c1-13-21(24(29)31-8-7-30-2)22(16-12-15(25)5-6-17(16)26)23-18(27-13)10-14(11-19(23)28)20-4-3-9-32-20/h3-6,9,12,14,22,27H,7-8,10-11H2,1-2H3/t14-,22+/m1/s1. The largest absolute Gasteiger partial charge is 0.460 e. The van der Waals surface area contributed by atoms with Crippen molar-refractivity contribution in [2.75, 3.05) is 20.3 Å². The number of ether oxygens (including phenoxy) is 2. The maximum absolute atomic E-state index is 15.0. The number of dihydropyridines is 1. The fourth-order valence-corrected chi connectivity index (χ4v) is 5.59. The molecule has 5 nitrogen and oxygen atoms in total. The van der Waals surface area contributed by atoms with Gasteiger partial charge in [0.15, 0.2) is 5.78 Å². The zero-order valence-corrected chi connectivity index (χ0v) is 20.1. The van der Waals surface area contributed by atoms with Gasteiger partial charge < -0.3 is 14.8 Å². The van der Waals surface area contributed by atoms with Gasteiger partial charge in [0.1, 0.15) is 12.4 Å². The molecular formula is C24H23BrFNO4S. The summed E-state index contributed by atoms with van der Waals surface area (Å²) in [6.07, 6.45) is 0.940. The van der Waals surface area contributed by atoms with E-state index in [2.05, 4.69) is 21.2 Å². The van der Waals surface area contributed by atoms with Crippen molar-refractivity contribution < 1.29 is 23.5 Å². The first-order valence-corrected chi connectivity index (χ1v) is 12.0. The fourth-order valence-electron chi connectivity index (χ4n) is 4.38. The van der Waals surface area contributed by atoms with Crippen LogP contribution in [0.5, 0.6) is 0 Å². The van der Waals surface area contributed by atoms with Crippen molar-refractivity contribution in [1.29, 1.82) is 0 Å². The van der Waals surface area contributed by atoms with Gasteiger partial charge in [0.2, 0.25) is 0 Å². The molecule has 0 fully saturated rings. The van der Waals surface area contributed by atoms with Gasteiger partial charge in [-0.15, -0.1) is 11.3 Å². The number of hydrogen-bond acceptors (Lipinski definition) is 6. The summed E-state index contributed by atoms with van der Waals surface area (Å²) in [5.74, 6) is -1.93. The van der Waals surface area contributed by atoms with Crippen molar-refractivity contribution in [3.05, 3.63) is 79.0 Å². The number of nitrogens with one attached hydrogen (secondary N) is 1. The third kappa shape index (κ3) is 4.44. The first kappa shape index (κ1) is 22.9. The predicted molar refractivity (Wildman–Crippen MR) is 124 cm³/mol. The molecule has 8 heteroatoms. The summed E-state index contributed by atoms with van der Waals surface area (Å²) in [5.41, 5.74) is 2.28. The molecule has 0 saturated heterocycles. The summed E-state index contributed by atoms with van der Waals surface area (Å²) in [5, 5.41) is 5.27. The molecule has 2 aliphatic rings. The maximum atomic E-state index is 15.0. The number of Topliss-reactive ketones (excluding diaryl/α,β-unsaturated/α-hetero) is 1. The Morgan fingerprint density at radius 2 is 2.09 bits per heavy atom. The number of carbonyl (C=O) groups excluding carboxylic acids is 2. The number of carbonyl (C=O) groups is 2. The van der Waals surface area contributed by atoms with Crippen LogP contribution in [0.15, 0.2) is 62.7 Å². The van der Waals surface area contributed by atoms with Crippen LogP contribution in [0.4, 0.5) is 4.39 Å². The van der Waals surface area contributed by atoms with E-state index in [1.165, 1.54) is 13.2 Å². The highest BCUT2D eigenvalue weighted by Gasteiger charge is 2.42. The molecule has 2 atom stereocenters. The molecule has 1 aromatic heterocycles. The highest BCUT2D eigenvalue weighted by Crippen LogP contribution is 2.47. The van der Waals surface area contributed by atoms with Crippen molar-refractivity contribution >= 4 is 39.0 Å². The van der Waals surface area contributed by atoms with Gasteiger partial charge in [-0.1, -0.05) is 22.0 Å². The van der Waals surface area contributed by atoms with E-state index >= 15 is 4.39 Å². The van der Waals surface area contributed by atoms with Crippen molar-refractivity contribution in [1.82, 2.24) is 5.32 Å². The molecular weight excluding hydrogens is 497 g/mol. The van der Waals surface area contributed by atoms with Gasteiger partial charge in [-0.3, -0.25) is 4.79 Å². The van der Waals surface area contributed by atoms with Crippen LogP contribution in [0, 0.1) is 5.82 Å². The highest BCUT2D eigenvalue weighted by molar-refractivity contribution is 9.10. The van der Waals surface area contributed by atoms with Gasteiger partial charge in [0.05, 0.1) is 18.1 Å². The van der Waals surface area contributed by atoms with Crippen LogP contribution in [-0.2, 0) is 19.1 Å². The average molecular weight is 520 g/mol. The minimum atomic E-state index is -0.837. The van der Waals surface area contributed by atoms with E-state index in [1.54, 1.807) is 30.4 Å². The van der Waals surface area contributed by atoms with Crippen molar-refractivity contribution in [2.24, 2.45) is 0 Å². The van der Waals surface area contributed by atoms with Crippen LogP contribution in [0.1, 0.15) is 42.0 Å². The molecule has 4 rings (SSSR count). The lowest BCUT2D eigenvalue weighted by atomic mass is 9.72. The normalized spacial score (nSPS) is 20.8. The van der Waals surface area contributed by atoms with E-state index in [9.17, 15) is 9.59 Å². The molecule has 0 saturated carbocycles. The molecule has 1 aliphatic heterocycles. The number of thiophene rings is 1. The van der Waals surface area contributed by atoms with Gasteiger partial charge in [0, 0.05) is 51.3 Å². The SMILES string of the molecule is COCCOC(=O)C1=C(C)NC2=C(C(=O)C[C@H](c3cccs3)C2)[C@H]1c1cc(Br)ccc1F. The number of allylic oxidation sites excluding steroid dienone is 3. The zero-order valence-electron chi connectivity index (χ0n) is 17.7. The maximum Gasteiger partial charge on any atom is 0.336 e. The van der Waals surface area contributed by atoms with Crippen molar-refractivity contribution in [3.8, 4) is 0 Å². The third-order valence-corrected chi connectivity index (χ3v) is 7.31. The number of methoxy groups -OCH3 is 1. The minimum absolute atomic E-state index is 0.0600. The van der Waals surface area contributed by atoms with Gasteiger partial charge in [0.25, 0.3) is 0 Å². The summed E-state index contributed by atoms with van der Waals surface area (Å²) in [6.45, 7) is 2.08. The van der Waals surface area contributed by atoms with Crippen LogP contribution >= 0.6 is 27.3 Å². The summed E-state index contributed by atoms with van der Waals surface area (Å²) >= 11 is 5.02. The van der Waals surface area contributed by atoms with Gasteiger partial charge in [-0.05, 0) is 43.0 Å². The van der Waals surface area contributed by atoms with Crippen LogP contribution < -0.4 is 5.32 Å². The summed E-state index contributed by atoms with van der Waals surface area (Å²) in [7, 11) is 1.52. The van der Waals surface area contributed by atoms with E-state index < -0.39 is 17.7 Å². The van der Waals surface area contributed by atoms with Gasteiger partial charge in [-0.25, -0.2) is 9.18 Å². The second kappa shape index (κ2) is 9.68. The minimum Gasteiger partial charge on any atom is -0.460 e. The number of hydrogen-bond donors (Lipinski definition) is 1. The van der Waals surface area contributed by atoms with Crippen molar-refractivity contribution in [2.45, 2.75) is 31.6 Å². The number of rotatable bonds is 6. The monoisotopic (exact) mass is 519 g/mol. The molecule has 0 spiro atoms. The topological polar surface area (TPSA) is 64.6 Å². The van der Waals surface area contributed by atoms with Gasteiger partial charge in [-0.2, -0.15) is 0 Å². The van der Waals surface area contributed by atoms with Gasteiger partial charge >= 0.3 is 5.97 Å². The van der Waals surface area contributed by atoms with Crippen LogP contribution in [0.2, 0.25) is 0 Å². The molecule has 2 heterocycles. The third-order valence-electron chi connectivity index (χ3n) is 5.78. The lowest BCUT2D eigenvalue weighted by Crippen LogP contribution is -2.36. The Bertz CT molecular complexity index is 1110. The number of benzene rings is 1. The lowest BCUT2D eigenvalue weighted by molar-refractivity contribution is -0.140. The van der Waals surface area contributed by atoms with E-state index in [0.717, 1.165) is 10.6 Å². The molecule has 1 aromatic carbocycles. The summed E-state index contributed by atoms with van der Waals surface area (Å²) < 4.78 is 26.1. The first-order valence-electron chi connectivity index (χ1n) is 10.3. The first-order chi connectivity index (χ1) is 15.4. The lowest BCUT2D eigenvalue weighted by Gasteiger charge is -2.36. The second-order valence-electron chi connectivity index (χ2n) is 7.83. The average Bonchev–Trinajstić information content (AvgIpc) is 3.29. The van der Waals surface area contributed by atoms with E-state index in [4.69, 9.17) is 9.47 Å². The number of esters is 1. The quantitative estimate of drug-likeness (QED) is 0.419. The smallest absolute Gasteiger partial charge is 0.336 e. The Balaban J connectivity index is 1.80. The second-order valence-corrected chi connectivity index (χ2v) is 9.72. The number of ketones is 1. The molecule has 1 aliphatic carbocycles. The molecule has 0 unspecified atom stereocenters. The van der Waals surface area contributed by atoms with Crippen molar-refractivity contribution in [3.63, 3.8) is 0 Å². The molecule has 1 N–H and O–H groups in total. The Kier molecular flexibility index (Phi) is 6.93. The summed E-state index contributed by atoms with van der Waals surface area (Å²) in [4.78, 5) is 27.6. The Morgan fingerprint density at radius 3 is 2.81 bits per heavy atom. The molecule has 2 aromatic rings. The van der Waals surface area contributed by atoms with E-state index in [1.807, 2.05) is 17.5 Å². The Morgan fingerprint density at radius 1 is 1.28 bits per heavy atom. The highest BCUT2D eigenvalue weighted by atomic mass is 79.9. The zero-order chi connectivity index (χ0) is 22.8. The molecule has 0 amide bonds. The fraction of sp³-hybridized carbons (Fsp3) is 0.333. The molecule has 0 bridgehead atoms. The van der Waals surface area contributed by atoms with Crippen LogP contribution in [0.25, 0.3) is 0 Å². The van der Waals surface area contributed by atoms with E-state index in [0.29, 0.717) is 28.6 Å². The Labute approximate surface area is 198 Å². The Hall–Kier alpha value is -2.29. The van der Waals surface area contributed by atoms with E-state index in [-0.39, 0.29) is 36.1 Å². The van der Waals surface area contributed by atoms with Crippen LogP contribution in [-0.4, -0.2) is 32.1 Å². The predicted octanol–water partition coefficient (Wildman–Crippen LogP) is 5.20. The molecule has 168 valence electrons. The molecule has 0 radical (unpaired) electrons. The number of halogens is 2. The summed E-state index contributed by atoms with van der Waals surface area (Å²) in [6, 6.07) is 8.57. The molecule has 32 heavy (non-hydrogen) atoms. The van der Waals surface area contributed by atoms with Crippen LogP contribution in [0.3, 0.4) is 0 Å².